The fourth-order valence-electron chi connectivity index (χ4n) is 4.09. The highest BCUT2D eigenvalue weighted by Crippen LogP contribution is 2.28. The minimum absolute atomic E-state index is 0.0417. The van der Waals surface area contributed by atoms with E-state index in [0.717, 1.165) is 30.2 Å². The normalized spacial score (nSPS) is 14.1. The molecule has 33 heavy (non-hydrogen) atoms. The van der Waals surface area contributed by atoms with Crippen molar-refractivity contribution < 1.29 is 13.9 Å². The Morgan fingerprint density at radius 1 is 1.12 bits per heavy atom. The Morgan fingerprint density at radius 3 is 2.55 bits per heavy atom. The van der Waals surface area contributed by atoms with Gasteiger partial charge in [-0.1, -0.05) is 13.8 Å². The number of anilines is 1. The lowest BCUT2D eigenvalue weighted by molar-refractivity contribution is -0.132. The highest BCUT2D eigenvalue weighted by molar-refractivity contribution is 5.76. The van der Waals surface area contributed by atoms with Crippen molar-refractivity contribution >= 4 is 11.7 Å². The quantitative estimate of drug-likeness (QED) is 0.569. The molecule has 1 aromatic carbocycles. The first-order valence-corrected chi connectivity index (χ1v) is 11.2. The number of pyridine rings is 1. The molecule has 3 heterocycles. The Kier molecular flexibility index (Phi) is 6.62. The molecule has 174 valence electrons. The van der Waals surface area contributed by atoms with E-state index in [9.17, 15) is 9.18 Å². The van der Waals surface area contributed by atoms with Crippen LogP contribution < -0.4 is 9.64 Å². The van der Waals surface area contributed by atoms with Crippen LogP contribution in [0.15, 0.2) is 42.6 Å². The molecule has 4 rings (SSSR count). The van der Waals surface area contributed by atoms with Crippen molar-refractivity contribution in [3.8, 4) is 17.0 Å². The zero-order valence-electron chi connectivity index (χ0n) is 19.6. The minimum Gasteiger partial charge on any atom is -0.494 e. The Morgan fingerprint density at radius 2 is 1.88 bits per heavy atom. The molecule has 0 spiro atoms. The second kappa shape index (κ2) is 9.60. The standard InChI is InChI=1S/C25H30FN5O2/c1-17(2)22-15-21(19-5-6-20(26)23(14-19)33-4)28-31(22)16-25(32)30-11-9-29(10-12-30)24-13-18(3)7-8-27-24/h5-8,13-15,17H,9-12,16H2,1-4H3. The molecule has 2 aromatic heterocycles. The van der Waals surface area contributed by atoms with Gasteiger partial charge in [-0.2, -0.15) is 5.10 Å². The van der Waals surface area contributed by atoms with Crippen molar-refractivity contribution in [2.75, 3.05) is 38.2 Å². The third kappa shape index (κ3) is 4.99. The fraction of sp³-hybridized carbons (Fsp3) is 0.400. The highest BCUT2D eigenvalue weighted by atomic mass is 19.1. The van der Waals surface area contributed by atoms with Crippen LogP contribution in [0.25, 0.3) is 11.3 Å². The number of rotatable bonds is 6. The van der Waals surface area contributed by atoms with Crippen LogP contribution in [0.3, 0.4) is 0 Å². The summed E-state index contributed by atoms with van der Waals surface area (Å²) in [4.78, 5) is 21.6. The number of carbonyl (C=O) groups is 1. The number of methoxy groups -OCH3 is 1. The van der Waals surface area contributed by atoms with Crippen molar-refractivity contribution in [1.29, 1.82) is 0 Å². The number of aromatic nitrogens is 3. The van der Waals surface area contributed by atoms with Gasteiger partial charge in [0, 0.05) is 43.6 Å². The molecule has 1 saturated heterocycles. The molecule has 3 aromatic rings. The van der Waals surface area contributed by atoms with Gasteiger partial charge < -0.3 is 14.5 Å². The van der Waals surface area contributed by atoms with Gasteiger partial charge in [0.25, 0.3) is 0 Å². The predicted octanol–water partition coefficient (Wildman–Crippen LogP) is 3.87. The van der Waals surface area contributed by atoms with Crippen molar-refractivity contribution in [1.82, 2.24) is 19.7 Å². The summed E-state index contributed by atoms with van der Waals surface area (Å²) in [5.74, 6) is 0.937. The van der Waals surface area contributed by atoms with Gasteiger partial charge in [0.05, 0.1) is 12.8 Å². The lowest BCUT2D eigenvalue weighted by Crippen LogP contribution is -2.50. The van der Waals surface area contributed by atoms with E-state index < -0.39 is 5.82 Å². The van der Waals surface area contributed by atoms with Crippen molar-refractivity contribution in [2.45, 2.75) is 33.2 Å². The van der Waals surface area contributed by atoms with Crippen LogP contribution in [0, 0.1) is 12.7 Å². The van der Waals surface area contributed by atoms with Gasteiger partial charge in [0.2, 0.25) is 5.91 Å². The molecular formula is C25H30FN5O2. The minimum atomic E-state index is -0.417. The van der Waals surface area contributed by atoms with Gasteiger partial charge >= 0.3 is 0 Å². The monoisotopic (exact) mass is 451 g/mol. The van der Waals surface area contributed by atoms with Crippen molar-refractivity contribution in [2.24, 2.45) is 0 Å². The maximum absolute atomic E-state index is 13.8. The number of piperazine rings is 1. The summed E-state index contributed by atoms with van der Waals surface area (Å²) in [6, 6.07) is 10.7. The van der Waals surface area contributed by atoms with E-state index in [4.69, 9.17) is 4.74 Å². The van der Waals surface area contributed by atoms with Crippen LogP contribution in [0.1, 0.15) is 31.0 Å². The van der Waals surface area contributed by atoms with Gasteiger partial charge in [-0.05, 0) is 54.8 Å². The molecule has 0 unspecified atom stereocenters. The third-order valence-electron chi connectivity index (χ3n) is 5.99. The average molecular weight is 452 g/mol. The lowest BCUT2D eigenvalue weighted by Gasteiger charge is -2.35. The number of hydrogen-bond acceptors (Lipinski definition) is 5. The van der Waals surface area contributed by atoms with E-state index in [2.05, 4.69) is 41.8 Å². The predicted molar refractivity (Wildman–Crippen MR) is 126 cm³/mol. The SMILES string of the molecule is COc1cc(-c2cc(C(C)C)n(CC(=O)N3CCN(c4cc(C)ccn4)CC3)n2)ccc1F. The number of benzene rings is 1. The molecule has 1 fully saturated rings. The molecule has 0 bridgehead atoms. The second-order valence-electron chi connectivity index (χ2n) is 8.68. The largest absolute Gasteiger partial charge is 0.494 e. The molecule has 8 heteroatoms. The van der Waals surface area contributed by atoms with Crippen LogP contribution >= 0.6 is 0 Å². The maximum atomic E-state index is 13.8. The first kappa shape index (κ1) is 22.8. The topological polar surface area (TPSA) is 63.5 Å². The van der Waals surface area contributed by atoms with Gasteiger partial charge in [-0.15, -0.1) is 0 Å². The zero-order chi connectivity index (χ0) is 23.5. The van der Waals surface area contributed by atoms with E-state index >= 15 is 0 Å². The number of amides is 1. The average Bonchev–Trinajstić information content (AvgIpc) is 3.23. The molecule has 0 radical (unpaired) electrons. The fourth-order valence-corrected chi connectivity index (χ4v) is 4.09. The van der Waals surface area contributed by atoms with E-state index in [1.807, 2.05) is 23.2 Å². The van der Waals surface area contributed by atoms with Crippen LogP contribution in [0.4, 0.5) is 10.2 Å². The maximum Gasteiger partial charge on any atom is 0.244 e. The molecule has 0 aliphatic carbocycles. The van der Waals surface area contributed by atoms with E-state index in [1.54, 1.807) is 16.8 Å². The summed E-state index contributed by atoms with van der Waals surface area (Å²) in [6.07, 6.45) is 1.82. The summed E-state index contributed by atoms with van der Waals surface area (Å²) in [5, 5.41) is 4.68. The third-order valence-corrected chi connectivity index (χ3v) is 5.99. The molecule has 0 saturated carbocycles. The Balaban J connectivity index is 1.47. The van der Waals surface area contributed by atoms with E-state index in [1.165, 1.54) is 18.7 Å². The zero-order valence-corrected chi connectivity index (χ0v) is 19.6. The first-order valence-electron chi connectivity index (χ1n) is 11.2. The summed E-state index contributed by atoms with van der Waals surface area (Å²) in [7, 11) is 1.44. The molecule has 1 aliphatic rings. The Hall–Kier alpha value is -3.42. The van der Waals surface area contributed by atoms with Gasteiger partial charge in [0.15, 0.2) is 11.6 Å². The van der Waals surface area contributed by atoms with Crippen LogP contribution in [0.2, 0.25) is 0 Å². The van der Waals surface area contributed by atoms with Crippen LogP contribution in [0.5, 0.6) is 5.75 Å². The summed E-state index contributed by atoms with van der Waals surface area (Å²) >= 11 is 0. The Bertz CT molecular complexity index is 1140. The molecule has 0 atom stereocenters. The van der Waals surface area contributed by atoms with E-state index in [-0.39, 0.29) is 24.1 Å². The van der Waals surface area contributed by atoms with Crippen LogP contribution in [-0.2, 0) is 11.3 Å². The molecular weight excluding hydrogens is 421 g/mol. The number of carbonyl (C=O) groups excluding carboxylic acids is 1. The summed E-state index contributed by atoms with van der Waals surface area (Å²) in [6.45, 7) is 9.16. The molecule has 1 amide bonds. The smallest absolute Gasteiger partial charge is 0.244 e. The molecule has 0 N–H and O–H groups in total. The van der Waals surface area contributed by atoms with E-state index in [0.29, 0.717) is 18.8 Å². The molecule has 1 aliphatic heterocycles. The number of hydrogen-bond donors (Lipinski definition) is 0. The Labute approximate surface area is 193 Å². The van der Waals surface area contributed by atoms with Crippen molar-refractivity contribution in [3.05, 3.63) is 59.7 Å². The first-order chi connectivity index (χ1) is 15.9. The summed E-state index contributed by atoms with van der Waals surface area (Å²) in [5.41, 5.74) is 3.58. The number of aryl methyl sites for hydroxylation is 1. The van der Waals surface area contributed by atoms with Gasteiger partial charge in [-0.25, -0.2) is 9.37 Å². The van der Waals surface area contributed by atoms with Crippen LogP contribution in [-0.4, -0.2) is 58.9 Å². The second-order valence-corrected chi connectivity index (χ2v) is 8.68. The lowest BCUT2D eigenvalue weighted by atomic mass is 10.1. The summed E-state index contributed by atoms with van der Waals surface area (Å²) < 4.78 is 20.7. The number of halogens is 1. The van der Waals surface area contributed by atoms with Crippen molar-refractivity contribution in [3.63, 3.8) is 0 Å². The van der Waals surface area contributed by atoms with Gasteiger partial charge in [-0.3, -0.25) is 9.48 Å². The highest BCUT2D eigenvalue weighted by Gasteiger charge is 2.24. The van der Waals surface area contributed by atoms with Gasteiger partial charge in [0.1, 0.15) is 12.4 Å². The number of nitrogens with zero attached hydrogens (tertiary/aromatic N) is 5. The number of ether oxygens (including phenoxy) is 1. The molecule has 7 nitrogen and oxygen atoms in total.